The molecule has 3 nitrogen and oxygen atoms in total. The van der Waals surface area contributed by atoms with Crippen molar-refractivity contribution in [1.82, 2.24) is 5.43 Å². The summed E-state index contributed by atoms with van der Waals surface area (Å²) in [6.45, 7) is 9.89. The maximum atomic E-state index is 5.96. The number of nitrogens with one attached hydrogen (secondary N) is 1. The molecule has 0 aliphatic heterocycles. The first-order chi connectivity index (χ1) is 8.72. The number of allylic oxidation sites excluding steroid dienone is 7. The highest BCUT2D eigenvalue weighted by Gasteiger charge is 2.10. The third kappa shape index (κ3) is 4.80. The van der Waals surface area contributed by atoms with Crippen molar-refractivity contribution < 1.29 is 0 Å². The second-order valence-corrected chi connectivity index (χ2v) is 3.90. The lowest BCUT2D eigenvalue weighted by Gasteiger charge is -2.17. The minimum atomic E-state index is 0.835. The average molecular weight is 249 g/mol. The summed E-state index contributed by atoms with van der Waals surface area (Å²) in [5, 5.41) is 0. The fourth-order valence-electron chi connectivity index (χ4n) is 1.95. The summed E-state index contributed by atoms with van der Waals surface area (Å²) >= 11 is 0. The molecule has 0 aromatic carbocycles. The highest BCUT2D eigenvalue weighted by molar-refractivity contribution is 5.34. The predicted octanol–water partition coefficient (Wildman–Crippen LogP) is 3.28. The molecule has 0 radical (unpaired) electrons. The van der Waals surface area contributed by atoms with E-state index in [4.69, 9.17) is 11.6 Å². The molecule has 0 bridgehead atoms. The highest BCUT2D eigenvalue weighted by atomic mass is 15.2. The third-order valence-electron chi connectivity index (χ3n) is 2.90. The van der Waals surface area contributed by atoms with Crippen LogP contribution >= 0.6 is 0 Å². The van der Waals surface area contributed by atoms with Gasteiger partial charge in [0.15, 0.2) is 0 Å². The van der Waals surface area contributed by atoms with Gasteiger partial charge in [-0.05, 0) is 43.8 Å². The Morgan fingerprint density at radius 3 is 2.22 bits per heavy atom. The van der Waals surface area contributed by atoms with Crippen LogP contribution in [-0.4, -0.2) is 0 Å². The minimum absolute atomic E-state index is 0.835. The number of hydrogen-bond acceptors (Lipinski definition) is 3. The molecule has 0 fully saturated rings. The first kappa shape index (κ1) is 16.5. The molecule has 3 heteroatoms. The normalized spacial score (nSPS) is 24.9. The molecule has 0 heterocycles. The average Bonchev–Trinajstić information content (AvgIpc) is 2.40. The molecule has 0 unspecified atom stereocenters. The van der Waals surface area contributed by atoms with E-state index >= 15 is 0 Å². The zero-order valence-electron chi connectivity index (χ0n) is 11.9. The first-order valence-corrected chi connectivity index (χ1v) is 6.64. The van der Waals surface area contributed by atoms with E-state index in [-0.39, 0.29) is 0 Å². The number of nitrogens with two attached hydrogens (primary N) is 2. The van der Waals surface area contributed by atoms with Crippen LogP contribution in [0.3, 0.4) is 0 Å². The van der Waals surface area contributed by atoms with Gasteiger partial charge in [-0.15, -0.1) is 0 Å². The molecule has 18 heavy (non-hydrogen) atoms. The second kappa shape index (κ2) is 9.54. The number of hydrazine groups is 1. The van der Waals surface area contributed by atoms with E-state index in [0.717, 1.165) is 37.1 Å². The van der Waals surface area contributed by atoms with Crippen molar-refractivity contribution >= 4 is 0 Å². The fraction of sp³-hybridized carbons (Fsp3) is 0.467. The van der Waals surface area contributed by atoms with Crippen molar-refractivity contribution in [3.05, 3.63) is 47.3 Å². The Morgan fingerprint density at radius 1 is 1.11 bits per heavy atom. The second-order valence-electron chi connectivity index (χ2n) is 3.90. The van der Waals surface area contributed by atoms with Crippen molar-refractivity contribution in [3.63, 3.8) is 0 Å². The quantitative estimate of drug-likeness (QED) is 0.531. The fourth-order valence-corrected chi connectivity index (χ4v) is 1.95. The lowest BCUT2D eigenvalue weighted by Crippen LogP contribution is -2.25. The Kier molecular flexibility index (Phi) is 8.76. The molecule has 1 rings (SSSR count). The Bertz CT molecular complexity index is 349. The summed E-state index contributed by atoms with van der Waals surface area (Å²) in [5.74, 6) is 5.46. The van der Waals surface area contributed by atoms with Crippen molar-refractivity contribution in [2.75, 3.05) is 0 Å². The molecule has 0 atom stereocenters. The van der Waals surface area contributed by atoms with Gasteiger partial charge >= 0.3 is 0 Å². The molecule has 0 aromatic heterocycles. The van der Waals surface area contributed by atoms with Gasteiger partial charge in [0.1, 0.15) is 0 Å². The van der Waals surface area contributed by atoms with E-state index in [2.05, 4.69) is 24.2 Å². The van der Waals surface area contributed by atoms with Crippen LogP contribution in [-0.2, 0) is 0 Å². The summed E-state index contributed by atoms with van der Waals surface area (Å²) in [6, 6.07) is 0. The van der Waals surface area contributed by atoms with Crippen molar-refractivity contribution in [2.24, 2.45) is 11.6 Å². The van der Waals surface area contributed by atoms with Crippen molar-refractivity contribution in [1.29, 1.82) is 0 Å². The van der Waals surface area contributed by atoms with Crippen LogP contribution in [0.5, 0.6) is 0 Å². The first-order valence-electron chi connectivity index (χ1n) is 6.64. The van der Waals surface area contributed by atoms with Crippen LogP contribution in [0.25, 0.3) is 0 Å². The van der Waals surface area contributed by atoms with E-state index in [1.54, 1.807) is 0 Å². The lowest BCUT2D eigenvalue weighted by atomic mass is 9.94. The Labute approximate surface area is 111 Å². The van der Waals surface area contributed by atoms with Gasteiger partial charge in [-0.2, -0.15) is 0 Å². The highest BCUT2D eigenvalue weighted by Crippen LogP contribution is 2.25. The van der Waals surface area contributed by atoms with E-state index in [0.29, 0.717) is 0 Å². The van der Waals surface area contributed by atoms with E-state index in [9.17, 15) is 0 Å². The van der Waals surface area contributed by atoms with Crippen LogP contribution in [0.15, 0.2) is 47.3 Å². The van der Waals surface area contributed by atoms with E-state index < -0.39 is 0 Å². The van der Waals surface area contributed by atoms with Crippen LogP contribution < -0.4 is 17.0 Å². The summed E-state index contributed by atoms with van der Waals surface area (Å²) in [7, 11) is 0. The lowest BCUT2D eigenvalue weighted by molar-refractivity contribution is 0.727. The SMILES string of the molecule is C=C/C1=C(\C=C/C)CC/C(NN)=C(/N)CC1.CC. The molecule has 0 saturated carbocycles. The topological polar surface area (TPSA) is 64.1 Å². The van der Waals surface area contributed by atoms with Gasteiger partial charge in [0, 0.05) is 11.4 Å². The molecule has 0 aromatic rings. The summed E-state index contributed by atoms with van der Waals surface area (Å²) < 4.78 is 0. The van der Waals surface area contributed by atoms with Gasteiger partial charge in [0.25, 0.3) is 0 Å². The van der Waals surface area contributed by atoms with Gasteiger partial charge < -0.3 is 11.2 Å². The van der Waals surface area contributed by atoms with Crippen LogP contribution in [0, 0.1) is 0 Å². The summed E-state index contributed by atoms with van der Waals surface area (Å²) in [5.41, 5.74) is 13.1. The molecule has 0 saturated heterocycles. The molecular weight excluding hydrogens is 222 g/mol. The largest absolute Gasteiger partial charge is 0.401 e. The zero-order valence-corrected chi connectivity index (χ0v) is 11.9. The van der Waals surface area contributed by atoms with Crippen LogP contribution in [0.1, 0.15) is 46.5 Å². The Hall–Kier alpha value is -1.48. The molecular formula is C15H27N3. The Morgan fingerprint density at radius 2 is 1.72 bits per heavy atom. The van der Waals surface area contributed by atoms with Crippen LogP contribution in [0.4, 0.5) is 0 Å². The molecule has 0 spiro atoms. The number of hydrogen-bond donors (Lipinski definition) is 3. The smallest absolute Gasteiger partial charge is 0.0449 e. The minimum Gasteiger partial charge on any atom is -0.401 e. The third-order valence-corrected chi connectivity index (χ3v) is 2.90. The monoisotopic (exact) mass is 249 g/mol. The Balaban J connectivity index is 0.00000137. The zero-order chi connectivity index (χ0) is 14.0. The molecule has 102 valence electrons. The molecule has 1 aliphatic rings. The van der Waals surface area contributed by atoms with E-state index in [1.807, 2.05) is 26.8 Å². The predicted molar refractivity (Wildman–Crippen MR) is 80.4 cm³/mol. The number of rotatable bonds is 3. The summed E-state index contributed by atoms with van der Waals surface area (Å²) in [4.78, 5) is 0. The van der Waals surface area contributed by atoms with Gasteiger partial charge in [-0.25, -0.2) is 0 Å². The molecule has 0 amide bonds. The van der Waals surface area contributed by atoms with Crippen LogP contribution in [0.2, 0.25) is 0 Å². The van der Waals surface area contributed by atoms with Crippen molar-refractivity contribution in [3.8, 4) is 0 Å². The maximum Gasteiger partial charge on any atom is 0.0449 e. The van der Waals surface area contributed by atoms with Gasteiger partial charge in [-0.3, -0.25) is 5.84 Å². The van der Waals surface area contributed by atoms with Gasteiger partial charge in [0.2, 0.25) is 0 Å². The van der Waals surface area contributed by atoms with E-state index in [1.165, 1.54) is 11.1 Å². The van der Waals surface area contributed by atoms with Crippen molar-refractivity contribution in [2.45, 2.75) is 46.5 Å². The van der Waals surface area contributed by atoms with Gasteiger partial charge in [0.05, 0.1) is 0 Å². The summed E-state index contributed by atoms with van der Waals surface area (Å²) in [6.07, 6.45) is 9.71. The molecule has 5 N–H and O–H groups in total. The van der Waals surface area contributed by atoms with Gasteiger partial charge in [-0.1, -0.05) is 38.7 Å². The molecule has 1 aliphatic carbocycles. The standard InChI is InChI=1S/C13H21N3.C2H6/c1-3-5-11-7-9-13(16-15)12(14)8-6-10(11)4-2;1-2/h3-5,16H,2,6-9,14-15H2,1H3;1-2H3/b5-3-,11-10-,13-12-;. The maximum absolute atomic E-state index is 5.96.